The summed E-state index contributed by atoms with van der Waals surface area (Å²) >= 11 is 5.71. The Labute approximate surface area is 137 Å². The summed E-state index contributed by atoms with van der Waals surface area (Å²) in [5.74, 6) is -0.788. The summed E-state index contributed by atoms with van der Waals surface area (Å²) in [5.41, 5.74) is -0.283. The highest BCUT2D eigenvalue weighted by atomic mass is 35.5. The van der Waals surface area contributed by atoms with E-state index in [-0.39, 0.29) is 22.2 Å². The molecule has 1 atom stereocenters. The Hall–Kier alpha value is -2.19. The van der Waals surface area contributed by atoms with Gasteiger partial charge in [-0.1, -0.05) is 11.6 Å². The Morgan fingerprint density at radius 1 is 1.39 bits per heavy atom. The van der Waals surface area contributed by atoms with E-state index in [1.165, 1.54) is 12.1 Å². The van der Waals surface area contributed by atoms with Gasteiger partial charge in [-0.2, -0.15) is 0 Å². The molecule has 0 bridgehead atoms. The summed E-state index contributed by atoms with van der Waals surface area (Å²) in [6.45, 7) is 3.46. The minimum Gasteiger partial charge on any atom is -0.378 e. The lowest BCUT2D eigenvalue weighted by Crippen LogP contribution is -2.50. The molecular weight excluding hydrogens is 326 g/mol. The topological polar surface area (TPSA) is 102 Å². The van der Waals surface area contributed by atoms with Gasteiger partial charge in [0, 0.05) is 24.7 Å². The summed E-state index contributed by atoms with van der Waals surface area (Å²) < 4.78 is 5.17. The number of rotatable bonds is 4. The normalized spacial score (nSPS) is 15.8. The number of nitro benzene ring substituents is 1. The third kappa shape index (κ3) is 4.17. The standard InChI is InChI=1S/C14H16ClN3O5/c1-9(14(20)17-4-6-23-7-5-17)16-13(19)10-2-3-11(15)12(8-10)18(21)22/h2-3,8-9H,4-7H2,1H3,(H,16,19). The van der Waals surface area contributed by atoms with Crippen molar-refractivity contribution in [3.63, 3.8) is 0 Å². The van der Waals surface area contributed by atoms with Crippen molar-refractivity contribution < 1.29 is 19.2 Å². The molecule has 1 fully saturated rings. The number of hydrogen-bond donors (Lipinski definition) is 1. The van der Waals surface area contributed by atoms with E-state index in [4.69, 9.17) is 16.3 Å². The zero-order chi connectivity index (χ0) is 17.0. The molecule has 1 saturated heterocycles. The monoisotopic (exact) mass is 341 g/mol. The number of carbonyl (C=O) groups is 2. The first-order valence-electron chi connectivity index (χ1n) is 7.01. The maximum atomic E-state index is 12.2. The Morgan fingerprint density at radius 3 is 2.65 bits per heavy atom. The van der Waals surface area contributed by atoms with Crippen LogP contribution in [0, 0.1) is 10.1 Å². The van der Waals surface area contributed by atoms with Gasteiger partial charge in [-0.15, -0.1) is 0 Å². The first-order valence-corrected chi connectivity index (χ1v) is 7.39. The highest BCUT2D eigenvalue weighted by Crippen LogP contribution is 2.25. The lowest BCUT2D eigenvalue weighted by molar-refractivity contribution is -0.384. The van der Waals surface area contributed by atoms with Crippen LogP contribution in [0.2, 0.25) is 5.02 Å². The van der Waals surface area contributed by atoms with E-state index < -0.39 is 16.9 Å². The first kappa shape index (κ1) is 17.2. The summed E-state index contributed by atoms with van der Waals surface area (Å²) in [4.78, 5) is 36.2. The second kappa shape index (κ2) is 7.38. The summed E-state index contributed by atoms with van der Waals surface area (Å²) in [5, 5.41) is 13.3. The molecule has 2 rings (SSSR count). The van der Waals surface area contributed by atoms with Crippen LogP contribution in [0.4, 0.5) is 5.69 Å². The molecule has 2 amide bonds. The first-order chi connectivity index (χ1) is 10.9. The van der Waals surface area contributed by atoms with Crippen molar-refractivity contribution in [2.45, 2.75) is 13.0 Å². The van der Waals surface area contributed by atoms with Gasteiger partial charge >= 0.3 is 0 Å². The molecule has 1 heterocycles. The van der Waals surface area contributed by atoms with Gasteiger partial charge in [0.1, 0.15) is 11.1 Å². The van der Waals surface area contributed by atoms with E-state index in [9.17, 15) is 19.7 Å². The Morgan fingerprint density at radius 2 is 2.04 bits per heavy atom. The van der Waals surface area contributed by atoms with Crippen LogP contribution in [-0.4, -0.2) is 54.0 Å². The van der Waals surface area contributed by atoms with E-state index in [0.717, 1.165) is 6.07 Å². The fourth-order valence-electron chi connectivity index (χ4n) is 2.19. The number of morpholine rings is 1. The maximum Gasteiger partial charge on any atom is 0.288 e. The largest absolute Gasteiger partial charge is 0.378 e. The molecule has 1 aliphatic heterocycles. The Bertz CT molecular complexity index is 631. The van der Waals surface area contributed by atoms with Gasteiger partial charge < -0.3 is 15.0 Å². The summed E-state index contributed by atoms with van der Waals surface area (Å²) in [6, 6.07) is 3.00. The van der Waals surface area contributed by atoms with Gasteiger partial charge in [0.25, 0.3) is 11.6 Å². The van der Waals surface area contributed by atoms with Crippen LogP contribution in [0.1, 0.15) is 17.3 Å². The van der Waals surface area contributed by atoms with Gasteiger partial charge in [0.05, 0.1) is 18.1 Å². The van der Waals surface area contributed by atoms with E-state index >= 15 is 0 Å². The van der Waals surface area contributed by atoms with E-state index in [1.54, 1.807) is 11.8 Å². The van der Waals surface area contributed by atoms with Crippen molar-refractivity contribution in [1.82, 2.24) is 10.2 Å². The SMILES string of the molecule is CC(NC(=O)c1ccc(Cl)c([N+](=O)[O-])c1)C(=O)N1CCOCC1. The number of hydrogen-bond acceptors (Lipinski definition) is 5. The van der Waals surface area contributed by atoms with Gasteiger partial charge in [-0.25, -0.2) is 0 Å². The average Bonchev–Trinajstić information content (AvgIpc) is 2.54. The van der Waals surface area contributed by atoms with Crippen LogP contribution in [0.3, 0.4) is 0 Å². The van der Waals surface area contributed by atoms with Crippen LogP contribution in [-0.2, 0) is 9.53 Å². The number of carbonyl (C=O) groups excluding carboxylic acids is 2. The van der Waals surface area contributed by atoms with Crippen LogP contribution in [0.5, 0.6) is 0 Å². The fourth-order valence-corrected chi connectivity index (χ4v) is 2.38. The molecule has 8 nitrogen and oxygen atoms in total. The molecule has 1 N–H and O–H groups in total. The van der Waals surface area contributed by atoms with Crippen LogP contribution >= 0.6 is 11.6 Å². The van der Waals surface area contributed by atoms with E-state index in [1.807, 2.05) is 0 Å². The molecule has 0 aliphatic carbocycles. The van der Waals surface area contributed by atoms with Gasteiger partial charge in [-0.3, -0.25) is 19.7 Å². The maximum absolute atomic E-state index is 12.2. The molecule has 1 aliphatic rings. The van der Waals surface area contributed by atoms with Crippen LogP contribution in [0.25, 0.3) is 0 Å². The second-order valence-corrected chi connectivity index (χ2v) is 5.46. The fraction of sp³-hybridized carbons (Fsp3) is 0.429. The Kier molecular flexibility index (Phi) is 5.51. The summed E-state index contributed by atoms with van der Waals surface area (Å²) in [7, 11) is 0. The van der Waals surface area contributed by atoms with Crippen molar-refractivity contribution in [2.75, 3.05) is 26.3 Å². The van der Waals surface area contributed by atoms with Crippen LogP contribution < -0.4 is 5.32 Å². The van der Waals surface area contributed by atoms with Crippen molar-refractivity contribution >= 4 is 29.1 Å². The van der Waals surface area contributed by atoms with Crippen LogP contribution in [0.15, 0.2) is 18.2 Å². The minimum absolute atomic E-state index is 0.0519. The lowest BCUT2D eigenvalue weighted by Gasteiger charge is -2.29. The number of amides is 2. The van der Waals surface area contributed by atoms with Crippen molar-refractivity contribution in [3.8, 4) is 0 Å². The molecule has 124 valence electrons. The number of nitrogens with zero attached hydrogens (tertiary/aromatic N) is 2. The predicted octanol–water partition coefficient (Wildman–Crippen LogP) is 1.23. The molecule has 9 heteroatoms. The highest BCUT2D eigenvalue weighted by molar-refractivity contribution is 6.32. The van der Waals surface area contributed by atoms with Crippen molar-refractivity contribution in [1.29, 1.82) is 0 Å². The molecule has 0 radical (unpaired) electrons. The second-order valence-electron chi connectivity index (χ2n) is 5.06. The molecule has 0 spiro atoms. The smallest absolute Gasteiger partial charge is 0.288 e. The molecular formula is C14H16ClN3O5. The number of nitro groups is 1. The molecule has 0 aromatic heterocycles. The quantitative estimate of drug-likeness (QED) is 0.655. The van der Waals surface area contributed by atoms with Gasteiger partial charge in [0.2, 0.25) is 5.91 Å². The average molecular weight is 342 g/mol. The third-order valence-electron chi connectivity index (χ3n) is 3.45. The van der Waals surface area contributed by atoms with Crippen molar-refractivity contribution in [2.24, 2.45) is 0 Å². The van der Waals surface area contributed by atoms with Gasteiger partial charge in [0.15, 0.2) is 0 Å². The Balaban J connectivity index is 2.04. The molecule has 0 saturated carbocycles. The number of ether oxygens (including phenoxy) is 1. The number of benzene rings is 1. The highest BCUT2D eigenvalue weighted by Gasteiger charge is 2.25. The third-order valence-corrected chi connectivity index (χ3v) is 3.77. The summed E-state index contributed by atoms with van der Waals surface area (Å²) in [6.07, 6.45) is 0. The van der Waals surface area contributed by atoms with E-state index in [0.29, 0.717) is 26.3 Å². The zero-order valence-electron chi connectivity index (χ0n) is 12.5. The minimum atomic E-state index is -0.740. The molecule has 1 aromatic rings. The molecule has 1 aromatic carbocycles. The molecule has 1 unspecified atom stereocenters. The molecule has 23 heavy (non-hydrogen) atoms. The number of halogens is 1. The lowest BCUT2D eigenvalue weighted by atomic mass is 10.1. The zero-order valence-corrected chi connectivity index (χ0v) is 13.2. The number of nitrogens with one attached hydrogen (secondary N) is 1. The van der Waals surface area contributed by atoms with E-state index in [2.05, 4.69) is 5.32 Å². The van der Waals surface area contributed by atoms with Crippen molar-refractivity contribution in [3.05, 3.63) is 38.9 Å². The van der Waals surface area contributed by atoms with Gasteiger partial charge in [-0.05, 0) is 19.1 Å². The predicted molar refractivity (Wildman–Crippen MR) is 82.4 cm³/mol.